The van der Waals surface area contributed by atoms with Crippen molar-refractivity contribution in [2.24, 2.45) is 7.05 Å². The summed E-state index contributed by atoms with van der Waals surface area (Å²) in [5.74, 6) is -0.0699. The summed E-state index contributed by atoms with van der Waals surface area (Å²) in [6.45, 7) is 0. The molecule has 0 aliphatic rings. The van der Waals surface area contributed by atoms with Crippen molar-refractivity contribution in [3.05, 3.63) is 84.7 Å². The smallest absolute Gasteiger partial charge is 0.255 e. The third-order valence-electron chi connectivity index (χ3n) is 4.55. The van der Waals surface area contributed by atoms with E-state index in [-0.39, 0.29) is 17.6 Å². The number of nitrogens with zero attached hydrogens (tertiary/aromatic N) is 2. The second-order valence-corrected chi connectivity index (χ2v) is 7.69. The molecule has 30 heavy (non-hydrogen) atoms. The molecule has 0 aliphatic carbocycles. The molecule has 1 heterocycles. The van der Waals surface area contributed by atoms with Crippen molar-refractivity contribution in [1.29, 1.82) is 0 Å². The highest BCUT2D eigenvalue weighted by molar-refractivity contribution is 7.99. The maximum absolute atomic E-state index is 12.5. The molecule has 4 aromatic rings. The first-order valence-electron chi connectivity index (χ1n) is 9.39. The highest BCUT2D eigenvalue weighted by Crippen LogP contribution is 2.20. The average molecular weight is 417 g/mol. The maximum atomic E-state index is 12.5. The molecule has 150 valence electrons. The number of hydrogen-bond donors (Lipinski definition) is 2. The van der Waals surface area contributed by atoms with E-state index in [2.05, 4.69) is 15.6 Å². The molecule has 6 nitrogen and oxygen atoms in total. The van der Waals surface area contributed by atoms with Crippen molar-refractivity contribution in [3.8, 4) is 0 Å². The summed E-state index contributed by atoms with van der Waals surface area (Å²) in [5.41, 5.74) is 1.90. The molecule has 7 heteroatoms. The van der Waals surface area contributed by atoms with Gasteiger partial charge in [-0.2, -0.15) is 0 Å². The van der Waals surface area contributed by atoms with Crippen molar-refractivity contribution in [2.75, 3.05) is 16.4 Å². The lowest BCUT2D eigenvalue weighted by Crippen LogP contribution is -2.15. The van der Waals surface area contributed by atoms with Crippen molar-refractivity contribution in [3.63, 3.8) is 0 Å². The van der Waals surface area contributed by atoms with Gasteiger partial charge in [-0.15, -0.1) is 0 Å². The van der Waals surface area contributed by atoms with Gasteiger partial charge in [-0.3, -0.25) is 9.59 Å². The fourth-order valence-electron chi connectivity index (χ4n) is 2.99. The number of carbonyl (C=O) groups is 2. The summed E-state index contributed by atoms with van der Waals surface area (Å²) in [7, 11) is 1.88. The zero-order valence-electron chi connectivity index (χ0n) is 16.3. The Morgan fingerprint density at radius 1 is 0.933 bits per heavy atom. The van der Waals surface area contributed by atoms with Gasteiger partial charge in [0, 0.05) is 36.4 Å². The van der Waals surface area contributed by atoms with Crippen molar-refractivity contribution < 1.29 is 9.59 Å². The molecule has 0 atom stereocenters. The van der Waals surface area contributed by atoms with E-state index in [9.17, 15) is 9.59 Å². The van der Waals surface area contributed by atoms with Crippen LogP contribution in [0.15, 0.2) is 84.3 Å². The van der Waals surface area contributed by atoms with Crippen LogP contribution in [0, 0.1) is 0 Å². The zero-order chi connectivity index (χ0) is 20.9. The maximum Gasteiger partial charge on any atom is 0.255 e. The monoisotopic (exact) mass is 416 g/mol. The van der Waals surface area contributed by atoms with Gasteiger partial charge in [0.2, 0.25) is 5.91 Å². The Morgan fingerprint density at radius 3 is 2.40 bits per heavy atom. The first kappa shape index (κ1) is 19.7. The van der Waals surface area contributed by atoms with Crippen LogP contribution >= 0.6 is 11.8 Å². The molecule has 4 rings (SSSR count). The molecule has 1 aromatic heterocycles. The number of rotatable bonds is 6. The van der Waals surface area contributed by atoms with Gasteiger partial charge in [0.05, 0.1) is 5.75 Å². The lowest BCUT2D eigenvalue weighted by atomic mass is 10.1. The summed E-state index contributed by atoms with van der Waals surface area (Å²) < 4.78 is 1.86. The number of aryl methyl sites for hydroxylation is 1. The molecule has 0 saturated carbocycles. The number of aromatic nitrogens is 2. The summed E-state index contributed by atoms with van der Waals surface area (Å²) >= 11 is 1.37. The lowest BCUT2D eigenvalue weighted by Gasteiger charge is -2.08. The van der Waals surface area contributed by atoms with Crippen LogP contribution in [0.5, 0.6) is 0 Å². The summed E-state index contributed by atoms with van der Waals surface area (Å²) in [6.07, 6.45) is 3.53. The Kier molecular flexibility index (Phi) is 5.81. The number of amides is 2. The number of fused-ring (bicyclic) bond motifs is 1. The Morgan fingerprint density at radius 2 is 1.67 bits per heavy atom. The van der Waals surface area contributed by atoms with E-state index < -0.39 is 0 Å². The quantitative estimate of drug-likeness (QED) is 0.452. The molecule has 0 fully saturated rings. The third kappa shape index (κ3) is 4.69. The van der Waals surface area contributed by atoms with Crippen LogP contribution in [-0.2, 0) is 11.8 Å². The van der Waals surface area contributed by atoms with Gasteiger partial charge in [0.15, 0.2) is 5.16 Å². The summed E-state index contributed by atoms with van der Waals surface area (Å²) in [5, 5.41) is 8.72. The number of carbonyl (C=O) groups excluding carboxylic acids is 2. The molecule has 0 saturated heterocycles. The van der Waals surface area contributed by atoms with Crippen LogP contribution in [0.3, 0.4) is 0 Å². The van der Waals surface area contributed by atoms with E-state index in [0.29, 0.717) is 11.3 Å². The molecule has 0 unspecified atom stereocenters. The van der Waals surface area contributed by atoms with Gasteiger partial charge >= 0.3 is 0 Å². The number of benzene rings is 3. The minimum atomic E-state index is -0.200. The number of hydrogen-bond acceptors (Lipinski definition) is 4. The second-order valence-electron chi connectivity index (χ2n) is 6.75. The van der Waals surface area contributed by atoms with Crippen LogP contribution < -0.4 is 10.6 Å². The first-order valence-corrected chi connectivity index (χ1v) is 10.4. The molecule has 0 aliphatic heterocycles. The van der Waals surface area contributed by atoms with Crippen LogP contribution in [-0.4, -0.2) is 27.1 Å². The first-order chi connectivity index (χ1) is 14.6. The molecule has 0 radical (unpaired) electrons. The molecular weight excluding hydrogens is 396 g/mol. The largest absolute Gasteiger partial charge is 0.329 e. The molecule has 0 spiro atoms. The van der Waals surface area contributed by atoms with Crippen molar-refractivity contribution in [1.82, 2.24) is 9.55 Å². The van der Waals surface area contributed by atoms with Gasteiger partial charge in [-0.25, -0.2) is 4.98 Å². The summed E-state index contributed by atoms with van der Waals surface area (Å²) in [6, 6.07) is 20.6. The van der Waals surface area contributed by atoms with E-state index in [1.807, 2.05) is 60.3 Å². The molecule has 2 amide bonds. The normalized spacial score (nSPS) is 10.7. The minimum Gasteiger partial charge on any atom is -0.329 e. The molecule has 3 aromatic carbocycles. The number of anilines is 2. The van der Waals surface area contributed by atoms with E-state index >= 15 is 0 Å². The van der Waals surface area contributed by atoms with Crippen LogP contribution in [0.25, 0.3) is 10.8 Å². The predicted octanol–water partition coefficient (Wildman–Crippen LogP) is 4.56. The van der Waals surface area contributed by atoms with Gasteiger partial charge in [0.1, 0.15) is 0 Å². The van der Waals surface area contributed by atoms with E-state index in [4.69, 9.17) is 0 Å². The predicted molar refractivity (Wildman–Crippen MR) is 121 cm³/mol. The fraction of sp³-hybridized carbons (Fsp3) is 0.0870. The molecule has 2 N–H and O–H groups in total. The minimum absolute atomic E-state index is 0.128. The zero-order valence-corrected chi connectivity index (χ0v) is 17.1. The van der Waals surface area contributed by atoms with Crippen LogP contribution in [0.2, 0.25) is 0 Å². The van der Waals surface area contributed by atoms with E-state index in [1.54, 1.807) is 30.5 Å². The second kappa shape index (κ2) is 8.84. The highest BCUT2D eigenvalue weighted by atomic mass is 32.2. The topological polar surface area (TPSA) is 76.0 Å². The van der Waals surface area contributed by atoms with Crippen LogP contribution in [0.1, 0.15) is 10.4 Å². The third-order valence-corrected chi connectivity index (χ3v) is 5.61. The van der Waals surface area contributed by atoms with Gasteiger partial charge < -0.3 is 15.2 Å². The molecular formula is C23H20N4O2S. The number of nitrogens with one attached hydrogen (secondary N) is 2. The van der Waals surface area contributed by atoms with Gasteiger partial charge in [0.25, 0.3) is 5.91 Å². The fourth-order valence-corrected chi connectivity index (χ4v) is 3.73. The van der Waals surface area contributed by atoms with E-state index in [0.717, 1.165) is 21.6 Å². The standard InChI is InChI=1S/C23H20N4O2S/c1-27-13-12-24-23(27)30-15-21(28)25-19-9-7-17(8-10-19)22(29)26-20-11-6-16-4-2-3-5-18(16)14-20/h2-14H,15H2,1H3,(H,25,28)(H,26,29). The Balaban J connectivity index is 1.34. The van der Waals surface area contributed by atoms with Crippen LogP contribution in [0.4, 0.5) is 11.4 Å². The molecule has 0 bridgehead atoms. The van der Waals surface area contributed by atoms with E-state index in [1.165, 1.54) is 11.8 Å². The highest BCUT2D eigenvalue weighted by Gasteiger charge is 2.09. The Labute approximate surface area is 178 Å². The Hall–Kier alpha value is -3.58. The average Bonchev–Trinajstić information content (AvgIpc) is 3.17. The van der Waals surface area contributed by atoms with Crippen molar-refractivity contribution >= 4 is 45.7 Å². The van der Waals surface area contributed by atoms with Gasteiger partial charge in [-0.1, -0.05) is 42.1 Å². The number of thioether (sulfide) groups is 1. The SMILES string of the molecule is Cn1ccnc1SCC(=O)Nc1ccc(C(=O)Nc2ccc3ccccc3c2)cc1. The number of imidazole rings is 1. The van der Waals surface area contributed by atoms with Crippen molar-refractivity contribution in [2.45, 2.75) is 5.16 Å². The Bertz CT molecular complexity index is 1200. The summed E-state index contributed by atoms with van der Waals surface area (Å²) in [4.78, 5) is 28.9. The lowest BCUT2D eigenvalue weighted by molar-refractivity contribution is -0.113. The van der Waals surface area contributed by atoms with Gasteiger partial charge in [-0.05, 0) is 47.2 Å².